The first kappa shape index (κ1) is 14.1. The summed E-state index contributed by atoms with van der Waals surface area (Å²) in [6.45, 7) is 0.705. The molecule has 0 amide bonds. The Morgan fingerprint density at radius 3 is 2.48 bits per heavy atom. The van der Waals surface area contributed by atoms with Crippen LogP contribution in [0.5, 0.6) is 0 Å². The van der Waals surface area contributed by atoms with Gasteiger partial charge in [-0.05, 0) is 17.7 Å². The van der Waals surface area contributed by atoms with E-state index in [2.05, 4.69) is 40.6 Å². The van der Waals surface area contributed by atoms with E-state index < -0.39 is 0 Å². The maximum atomic E-state index is 6.08. The summed E-state index contributed by atoms with van der Waals surface area (Å²) in [5, 5.41) is 4.64. The first-order valence-corrected chi connectivity index (χ1v) is 7.59. The highest BCUT2D eigenvalue weighted by Crippen LogP contribution is 2.16. The summed E-state index contributed by atoms with van der Waals surface area (Å²) < 4.78 is 0. The molecule has 0 bridgehead atoms. The number of pyridine rings is 1. The zero-order valence-corrected chi connectivity index (χ0v) is 12.4. The third-order valence-corrected chi connectivity index (χ3v) is 3.85. The van der Waals surface area contributed by atoms with E-state index in [1.165, 1.54) is 10.9 Å². The average Bonchev–Trinajstić information content (AvgIpc) is 2.56. The number of aromatic nitrogens is 1. The molecule has 1 heterocycles. The Balaban J connectivity index is 1.73. The number of benzene rings is 2. The maximum Gasteiger partial charge on any atom is 0.0705 e. The lowest BCUT2D eigenvalue weighted by Crippen LogP contribution is -2.22. The van der Waals surface area contributed by atoms with Crippen molar-refractivity contribution < 1.29 is 0 Å². The van der Waals surface area contributed by atoms with Gasteiger partial charge in [0, 0.05) is 23.9 Å². The molecule has 3 rings (SSSR count). The van der Waals surface area contributed by atoms with Crippen LogP contribution in [0.15, 0.2) is 66.7 Å². The third-order valence-electron chi connectivity index (χ3n) is 3.54. The minimum absolute atomic E-state index is 0.140. The van der Waals surface area contributed by atoms with E-state index in [-0.39, 0.29) is 6.04 Å². The van der Waals surface area contributed by atoms with Crippen LogP contribution in [-0.2, 0) is 6.54 Å². The predicted octanol–water partition coefficient (Wildman–Crippen LogP) is 4.30. The second kappa shape index (κ2) is 6.70. The Labute approximate surface area is 129 Å². The van der Waals surface area contributed by atoms with E-state index in [4.69, 9.17) is 11.6 Å². The summed E-state index contributed by atoms with van der Waals surface area (Å²) in [6, 6.07) is 22.7. The van der Waals surface area contributed by atoms with Gasteiger partial charge in [0.05, 0.1) is 11.2 Å². The van der Waals surface area contributed by atoms with Gasteiger partial charge in [-0.25, -0.2) is 0 Å². The van der Waals surface area contributed by atoms with Gasteiger partial charge in [-0.1, -0.05) is 54.6 Å². The van der Waals surface area contributed by atoms with Crippen molar-refractivity contribution in [2.24, 2.45) is 0 Å². The number of alkyl halides is 1. The summed E-state index contributed by atoms with van der Waals surface area (Å²) in [7, 11) is 0. The molecule has 1 aromatic heterocycles. The van der Waals surface area contributed by atoms with Gasteiger partial charge in [0.25, 0.3) is 0 Å². The Kier molecular flexibility index (Phi) is 4.49. The molecule has 0 saturated heterocycles. The van der Waals surface area contributed by atoms with Crippen molar-refractivity contribution >= 4 is 22.5 Å². The molecule has 3 heteroatoms. The van der Waals surface area contributed by atoms with Crippen molar-refractivity contribution in [3.63, 3.8) is 0 Å². The Bertz CT molecular complexity index is 712. The van der Waals surface area contributed by atoms with E-state index in [1.54, 1.807) is 0 Å². The second-order valence-electron chi connectivity index (χ2n) is 4.99. The number of halogens is 1. The topological polar surface area (TPSA) is 24.9 Å². The van der Waals surface area contributed by atoms with E-state index in [9.17, 15) is 0 Å². The molecule has 2 aromatic carbocycles. The standard InChI is InChI=1S/C18H17ClN2/c19-12-18(14-6-2-1-3-7-14)20-13-16-11-10-15-8-4-5-9-17(15)21-16/h1-11,18,20H,12-13H2. The van der Waals surface area contributed by atoms with Crippen molar-refractivity contribution in [3.8, 4) is 0 Å². The number of hydrogen-bond acceptors (Lipinski definition) is 2. The molecule has 1 unspecified atom stereocenters. The van der Waals surface area contributed by atoms with E-state index in [0.717, 1.165) is 11.2 Å². The summed E-state index contributed by atoms with van der Waals surface area (Å²) in [4.78, 5) is 4.67. The summed E-state index contributed by atoms with van der Waals surface area (Å²) in [5.41, 5.74) is 3.26. The average molecular weight is 297 g/mol. The molecular formula is C18H17ClN2. The lowest BCUT2D eigenvalue weighted by atomic mass is 10.1. The van der Waals surface area contributed by atoms with Crippen LogP contribution in [0.3, 0.4) is 0 Å². The van der Waals surface area contributed by atoms with E-state index in [1.807, 2.05) is 36.4 Å². The summed E-state index contributed by atoms with van der Waals surface area (Å²) in [6.07, 6.45) is 0. The third kappa shape index (κ3) is 3.41. The van der Waals surface area contributed by atoms with Gasteiger partial charge in [0.15, 0.2) is 0 Å². The molecule has 0 aliphatic rings. The van der Waals surface area contributed by atoms with Crippen molar-refractivity contribution in [2.75, 3.05) is 5.88 Å². The van der Waals surface area contributed by atoms with E-state index in [0.29, 0.717) is 12.4 Å². The van der Waals surface area contributed by atoms with Crippen molar-refractivity contribution in [1.29, 1.82) is 0 Å². The fourth-order valence-corrected chi connectivity index (χ4v) is 2.67. The fraction of sp³-hybridized carbons (Fsp3) is 0.167. The van der Waals surface area contributed by atoms with Gasteiger partial charge in [0.2, 0.25) is 0 Å². The number of nitrogens with zero attached hydrogens (tertiary/aromatic N) is 1. The molecule has 106 valence electrons. The molecule has 0 aliphatic heterocycles. The van der Waals surface area contributed by atoms with Crippen LogP contribution in [-0.4, -0.2) is 10.9 Å². The minimum Gasteiger partial charge on any atom is -0.303 e. The molecule has 1 atom stereocenters. The maximum absolute atomic E-state index is 6.08. The number of rotatable bonds is 5. The van der Waals surface area contributed by atoms with Gasteiger partial charge in [-0.2, -0.15) is 0 Å². The molecular weight excluding hydrogens is 280 g/mol. The monoisotopic (exact) mass is 296 g/mol. The SMILES string of the molecule is ClCC(NCc1ccc2ccccc2n1)c1ccccc1. The zero-order valence-electron chi connectivity index (χ0n) is 11.7. The molecule has 2 nitrogen and oxygen atoms in total. The van der Waals surface area contributed by atoms with Crippen molar-refractivity contribution in [2.45, 2.75) is 12.6 Å². The first-order chi connectivity index (χ1) is 10.4. The quantitative estimate of drug-likeness (QED) is 0.710. The van der Waals surface area contributed by atoms with Gasteiger partial charge >= 0.3 is 0 Å². The first-order valence-electron chi connectivity index (χ1n) is 7.06. The molecule has 0 radical (unpaired) electrons. The van der Waals surface area contributed by atoms with Crippen LogP contribution in [0.25, 0.3) is 10.9 Å². The molecule has 1 N–H and O–H groups in total. The molecule has 3 aromatic rings. The number of nitrogens with one attached hydrogen (secondary N) is 1. The van der Waals surface area contributed by atoms with Crippen molar-refractivity contribution in [1.82, 2.24) is 10.3 Å². The highest BCUT2D eigenvalue weighted by atomic mass is 35.5. The molecule has 21 heavy (non-hydrogen) atoms. The minimum atomic E-state index is 0.140. The lowest BCUT2D eigenvalue weighted by Gasteiger charge is -2.16. The van der Waals surface area contributed by atoms with Gasteiger partial charge < -0.3 is 5.32 Å². The van der Waals surface area contributed by atoms with Crippen LogP contribution in [0, 0.1) is 0 Å². The zero-order chi connectivity index (χ0) is 14.5. The number of para-hydroxylation sites is 1. The predicted molar refractivity (Wildman–Crippen MR) is 88.5 cm³/mol. The normalized spacial score (nSPS) is 12.4. The Morgan fingerprint density at radius 1 is 0.905 bits per heavy atom. The molecule has 0 spiro atoms. The van der Waals surface area contributed by atoms with Gasteiger partial charge in [-0.3, -0.25) is 4.98 Å². The van der Waals surface area contributed by atoms with Crippen LogP contribution in [0.4, 0.5) is 0 Å². The van der Waals surface area contributed by atoms with Crippen LogP contribution in [0.2, 0.25) is 0 Å². The van der Waals surface area contributed by atoms with Crippen LogP contribution < -0.4 is 5.32 Å². The summed E-state index contributed by atoms with van der Waals surface area (Å²) in [5.74, 6) is 0.539. The van der Waals surface area contributed by atoms with E-state index >= 15 is 0 Å². The number of hydrogen-bond donors (Lipinski definition) is 1. The van der Waals surface area contributed by atoms with Crippen LogP contribution in [0.1, 0.15) is 17.3 Å². The lowest BCUT2D eigenvalue weighted by molar-refractivity contribution is 0.573. The molecule has 0 fully saturated rings. The Hall–Kier alpha value is -1.90. The largest absolute Gasteiger partial charge is 0.303 e. The van der Waals surface area contributed by atoms with Gasteiger partial charge in [-0.15, -0.1) is 11.6 Å². The fourth-order valence-electron chi connectivity index (χ4n) is 2.38. The highest BCUT2D eigenvalue weighted by Gasteiger charge is 2.09. The molecule has 0 aliphatic carbocycles. The molecule has 0 saturated carbocycles. The highest BCUT2D eigenvalue weighted by molar-refractivity contribution is 6.18. The van der Waals surface area contributed by atoms with Crippen LogP contribution >= 0.6 is 11.6 Å². The summed E-state index contributed by atoms with van der Waals surface area (Å²) >= 11 is 6.08. The number of fused-ring (bicyclic) bond motifs is 1. The van der Waals surface area contributed by atoms with Crippen molar-refractivity contribution in [3.05, 3.63) is 78.0 Å². The van der Waals surface area contributed by atoms with Gasteiger partial charge in [0.1, 0.15) is 0 Å². The smallest absolute Gasteiger partial charge is 0.0705 e. The Morgan fingerprint density at radius 2 is 1.67 bits per heavy atom. The second-order valence-corrected chi connectivity index (χ2v) is 5.30.